The summed E-state index contributed by atoms with van der Waals surface area (Å²) in [6.07, 6.45) is 0. The lowest BCUT2D eigenvalue weighted by Gasteiger charge is -2.15. The number of hydrogen-bond acceptors (Lipinski definition) is 3. The summed E-state index contributed by atoms with van der Waals surface area (Å²) in [5, 5.41) is 2.58. The smallest absolute Gasteiger partial charge is 0.161 e. The Kier molecular flexibility index (Phi) is 8.40. The van der Waals surface area contributed by atoms with E-state index >= 15 is 0 Å². The van der Waals surface area contributed by atoms with Gasteiger partial charge in [-0.3, -0.25) is 0 Å². The first-order chi connectivity index (χ1) is 27.2. The molecule has 10 aromatic rings. The van der Waals surface area contributed by atoms with Gasteiger partial charge in [0.15, 0.2) is 5.82 Å². The van der Waals surface area contributed by atoms with Gasteiger partial charge >= 0.3 is 0 Å². The zero-order chi connectivity index (χ0) is 36.6. The summed E-state index contributed by atoms with van der Waals surface area (Å²) in [5.74, 6) is 0.695. The van der Waals surface area contributed by atoms with Crippen molar-refractivity contribution in [2.24, 2.45) is 0 Å². The predicted molar refractivity (Wildman–Crippen MR) is 233 cm³/mol. The van der Waals surface area contributed by atoms with E-state index in [0.717, 1.165) is 55.9 Å². The zero-order valence-corrected chi connectivity index (χ0v) is 30.7. The highest BCUT2D eigenvalue weighted by Crippen LogP contribution is 2.40. The van der Waals surface area contributed by atoms with Crippen LogP contribution < -0.4 is 0 Å². The number of aromatic nitrogens is 2. The SMILES string of the molecule is c1ccc(-c2ccc(-c3cc(-c4ccc5sc6ccccc6c5c4)cc(-c4cc(-c5ccccc5)nc(-c5ccccc5-c5ccccc5)n4)c3)cc2)cc1. The van der Waals surface area contributed by atoms with Crippen LogP contribution in [0.5, 0.6) is 0 Å². The molecule has 0 fully saturated rings. The lowest BCUT2D eigenvalue weighted by Crippen LogP contribution is -1.98. The number of rotatable bonds is 7. The molecule has 0 bridgehead atoms. The summed E-state index contributed by atoms with van der Waals surface area (Å²) < 4.78 is 2.60. The molecule has 3 heteroatoms. The van der Waals surface area contributed by atoms with Crippen LogP contribution in [0, 0.1) is 0 Å². The Labute approximate surface area is 324 Å². The molecule has 0 saturated carbocycles. The van der Waals surface area contributed by atoms with E-state index in [2.05, 4.69) is 200 Å². The molecule has 0 aliphatic rings. The van der Waals surface area contributed by atoms with Crippen LogP contribution in [-0.2, 0) is 0 Å². The molecule has 0 aliphatic carbocycles. The van der Waals surface area contributed by atoms with Gasteiger partial charge in [0.05, 0.1) is 11.4 Å². The third-order valence-corrected chi connectivity index (χ3v) is 11.5. The first-order valence-corrected chi connectivity index (χ1v) is 19.4. The Morgan fingerprint density at radius 1 is 0.273 bits per heavy atom. The van der Waals surface area contributed by atoms with Crippen LogP contribution >= 0.6 is 11.3 Å². The highest BCUT2D eigenvalue weighted by Gasteiger charge is 2.17. The average Bonchev–Trinajstić information content (AvgIpc) is 3.65. The highest BCUT2D eigenvalue weighted by atomic mass is 32.1. The summed E-state index contributed by atoms with van der Waals surface area (Å²) in [6.45, 7) is 0. The van der Waals surface area contributed by atoms with Gasteiger partial charge in [0.1, 0.15) is 0 Å². The van der Waals surface area contributed by atoms with E-state index in [9.17, 15) is 0 Å². The molecule has 0 N–H and O–H groups in total. The van der Waals surface area contributed by atoms with Crippen molar-refractivity contribution in [3.05, 3.63) is 206 Å². The molecule has 0 saturated heterocycles. The molecule has 8 aromatic carbocycles. The van der Waals surface area contributed by atoms with E-state index in [0.29, 0.717) is 5.82 Å². The maximum atomic E-state index is 5.38. The summed E-state index contributed by atoms with van der Waals surface area (Å²) in [4.78, 5) is 10.6. The van der Waals surface area contributed by atoms with Gasteiger partial charge in [0.25, 0.3) is 0 Å². The molecule has 0 atom stereocenters. The first kappa shape index (κ1) is 32.7. The fourth-order valence-electron chi connectivity index (χ4n) is 7.52. The second-order valence-electron chi connectivity index (χ2n) is 13.8. The molecule has 258 valence electrons. The molecule has 10 rings (SSSR count). The van der Waals surface area contributed by atoms with E-state index in [1.165, 1.54) is 36.9 Å². The van der Waals surface area contributed by atoms with Crippen LogP contribution in [0.3, 0.4) is 0 Å². The fourth-order valence-corrected chi connectivity index (χ4v) is 8.61. The van der Waals surface area contributed by atoms with Gasteiger partial charge in [-0.05, 0) is 87.0 Å². The number of nitrogens with zero attached hydrogens (tertiary/aromatic N) is 2. The quantitative estimate of drug-likeness (QED) is 0.164. The summed E-state index contributed by atoms with van der Waals surface area (Å²) in [5.41, 5.74) is 14.1. The minimum Gasteiger partial charge on any atom is -0.228 e. The monoisotopic (exact) mass is 718 g/mol. The van der Waals surface area contributed by atoms with Crippen LogP contribution in [0.2, 0.25) is 0 Å². The van der Waals surface area contributed by atoms with E-state index < -0.39 is 0 Å². The highest BCUT2D eigenvalue weighted by molar-refractivity contribution is 7.25. The van der Waals surface area contributed by atoms with Crippen LogP contribution in [0.25, 0.3) is 98.6 Å². The van der Waals surface area contributed by atoms with Gasteiger partial charge < -0.3 is 0 Å². The standard InChI is InChI=1S/C52H34N2S/c1-4-14-35(15-5-1)36-24-26-37(27-25-36)41-30-42(40-28-29-51-47(33-40)45-21-12-13-23-50(45)55-51)32-43(31-41)49-34-48(39-18-8-3-9-19-39)53-52(54-49)46-22-11-10-20-44(46)38-16-6-2-7-17-38/h1-34H. The lowest BCUT2D eigenvalue weighted by molar-refractivity contribution is 1.18. The Balaban J connectivity index is 1.18. The average molecular weight is 719 g/mol. The Hall–Kier alpha value is -6.94. The third-order valence-electron chi connectivity index (χ3n) is 10.3. The molecule has 2 nitrogen and oxygen atoms in total. The van der Waals surface area contributed by atoms with Crippen molar-refractivity contribution in [1.29, 1.82) is 0 Å². The third kappa shape index (κ3) is 6.41. The summed E-state index contributed by atoms with van der Waals surface area (Å²) in [7, 11) is 0. The molecule has 2 aromatic heterocycles. The molecular weight excluding hydrogens is 685 g/mol. The molecular formula is C52H34N2S. The summed E-state index contributed by atoms with van der Waals surface area (Å²) in [6, 6.07) is 73.4. The van der Waals surface area contributed by atoms with E-state index in [-0.39, 0.29) is 0 Å². The van der Waals surface area contributed by atoms with Crippen molar-refractivity contribution in [1.82, 2.24) is 9.97 Å². The van der Waals surface area contributed by atoms with Gasteiger partial charge in [0.2, 0.25) is 0 Å². The Bertz CT molecular complexity index is 2950. The predicted octanol–water partition coefficient (Wildman–Crippen LogP) is 14.5. The Morgan fingerprint density at radius 2 is 0.745 bits per heavy atom. The van der Waals surface area contributed by atoms with Crippen molar-refractivity contribution >= 4 is 31.5 Å². The molecule has 0 radical (unpaired) electrons. The summed E-state index contributed by atoms with van der Waals surface area (Å²) >= 11 is 1.85. The van der Waals surface area contributed by atoms with E-state index in [1.807, 2.05) is 17.4 Å². The second-order valence-corrected chi connectivity index (χ2v) is 14.9. The zero-order valence-electron chi connectivity index (χ0n) is 29.9. The lowest BCUT2D eigenvalue weighted by atomic mass is 9.93. The van der Waals surface area contributed by atoms with Gasteiger partial charge in [0, 0.05) is 36.9 Å². The topological polar surface area (TPSA) is 25.8 Å². The molecule has 0 aliphatic heterocycles. The van der Waals surface area contributed by atoms with Crippen molar-refractivity contribution in [2.75, 3.05) is 0 Å². The van der Waals surface area contributed by atoms with Crippen LogP contribution in [0.4, 0.5) is 0 Å². The van der Waals surface area contributed by atoms with Crippen LogP contribution in [-0.4, -0.2) is 9.97 Å². The maximum absolute atomic E-state index is 5.38. The van der Waals surface area contributed by atoms with E-state index in [1.54, 1.807) is 0 Å². The Morgan fingerprint density at radius 3 is 1.45 bits per heavy atom. The van der Waals surface area contributed by atoms with Crippen LogP contribution in [0.15, 0.2) is 206 Å². The fraction of sp³-hybridized carbons (Fsp3) is 0. The van der Waals surface area contributed by atoms with Crippen molar-refractivity contribution in [3.63, 3.8) is 0 Å². The van der Waals surface area contributed by atoms with Gasteiger partial charge in [-0.25, -0.2) is 9.97 Å². The molecule has 0 unspecified atom stereocenters. The van der Waals surface area contributed by atoms with Crippen molar-refractivity contribution in [2.45, 2.75) is 0 Å². The normalized spacial score (nSPS) is 11.3. The van der Waals surface area contributed by atoms with Crippen molar-refractivity contribution in [3.8, 4) is 78.4 Å². The van der Waals surface area contributed by atoms with E-state index in [4.69, 9.17) is 9.97 Å². The second kappa shape index (κ2) is 14.1. The molecule has 55 heavy (non-hydrogen) atoms. The minimum atomic E-state index is 0.695. The number of hydrogen-bond donors (Lipinski definition) is 0. The minimum absolute atomic E-state index is 0.695. The number of thiophene rings is 1. The molecule has 0 spiro atoms. The van der Waals surface area contributed by atoms with Gasteiger partial charge in [-0.1, -0.05) is 164 Å². The molecule has 2 heterocycles. The maximum Gasteiger partial charge on any atom is 0.161 e. The number of fused-ring (bicyclic) bond motifs is 3. The molecule has 0 amide bonds. The largest absolute Gasteiger partial charge is 0.228 e. The van der Waals surface area contributed by atoms with Crippen LogP contribution in [0.1, 0.15) is 0 Å². The van der Waals surface area contributed by atoms with Gasteiger partial charge in [-0.15, -0.1) is 11.3 Å². The van der Waals surface area contributed by atoms with Gasteiger partial charge in [-0.2, -0.15) is 0 Å². The first-order valence-electron chi connectivity index (χ1n) is 18.6. The number of benzene rings is 8. The van der Waals surface area contributed by atoms with Crippen molar-refractivity contribution < 1.29 is 0 Å².